The van der Waals surface area contributed by atoms with Crippen LogP contribution in [-0.4, -0.2) is 39.0 Å². The van der Waals surface area contributed by atoms with E-state index < -0.39 is 5.54 Å². The summed E-state index contributed by atoms with van der Waals surface area (Å²) < 4.78 is 1.76. The molecule has 0 radical (unpaired) electrons. The number of nitrogens with one attached hydrogen (secondary N) is 1. The van der Waals surface area contributed by atoms with Crippen molar-refractivity contribution in [1.82, 2.24) is 20.1 Å². The lowest BCUT2D eigenvalue weighted by atomic mass is 9.94. The Morgan fingerprint density at radius 2 is 2.33 bits per heavy atom. The minimum absolute atomic E-state index is 0.300. The summed E-state index contributed by atoms with van der Waals surface area (Å²) in [5.74, 6) is 0.663. The topological polar surface area (TPSA) is 85.8 Å². The lowest BCUT2D eigenvalue weighted by Crippen LogP contribution is -2.51. The molecule has 0 saturated heterocycles. The number of unbranched alkanes of at least 4 members (excludes halogenated alkanes) is 1. The Bertz CT molecular complexity index is 395. The SMILES string of the molecule is CNC(C)(CCCCSc1ncnn1C)C(N)=O. The van der Waals surface area contributed by atoms with Crippen molar-refractivity contribution in [3.8, 4) is 0 Å². The van der Waals surface area contributed by atoms with Gasteiger partial charge in [-0.25, -0.2) is 9.67 Å². The number of primary amides is 1. The van der Waals surface area contributed by atoms with Gasteiger partial charge in [0.25, 0.3) is 0 Å². The minimum atomic E-state index is -0.602. The van der Waals surface area contributed by atoms with E-state index in [1.54, 1.807) is 29.8 Å². The first kappa shape index (κ1) is 15.0. The van der Waals surface area contributed by atoms with E-state index in [9.17, 15) is 4.79 Å². The van der Waals surface area contributed by atoms with Gasteiger partial charge < -0.3 is 11.1 Å². The molecule has 0 aliphatic rings. The van der Waals surface area contributed by atoms with E-state index >= 15 is 0 Å². The summed E-state index contributed by atoms with van der Waals surface area (Å²) in [6.45, 7) is 1.84. The van der Waals surface area contributed by atoms with Crippen LogP contribution in [0.2, 0.25) is 0 Å². The van der Waals surface area contributed by atoms with Crippen molar-refractivity contribution in [2.75, 3.05) is 12.8 Å². The summed E-state index contributed by atoms with van der Waals surface area (Å²) in [6.07, 6.45) is 4.26. The van der Waals surface area contributed by atoms with Gasteiger partial charge >= 0.3 is 0 Å². The highest BCUT2D eigenvalue weighted by atomic mass is 32.2. The number of carbonyl (C=O) groups excluding carboxylic acids is 1. The number of amides is 1. The Balaban J connectivity index is 2.23. The van der Waals surface area contributed by atoms with Gasteiger partial charge in [0.2, 0.25) is 5.91 Å². The Hall–Kier alpha value is -1.08. The molecular formula is C11H21N5OS. The molecule has 1 aromatic rings. The molecule has 102 valence electrons. The monoisotopic (exact) mass is 271 g/mol. The van der Waals surface area contributed by atoms with Crippen LogP contribution >= 0.6 is 11.8 Å². The molecule has 1 rings (SSSR count). The second kappa shape index (κ2) is 6.75. The van der Waals surface area contributed by atoms with Crippen molar-refractivity contribution >= 4 is 17.7 Å². The average molecular weight is 271 g/mol. The maximum absolute atomic E-state index is 11.3. The van der Waals surface area contributed by atoms with Crippen LogP contribution in [0.3, 0.4) is 0 Å². The fourth-order valence-electron chi connectivity index (χ4n) is 1.53. The zero-order valence-electron chi connectivity index (χ0n) is 11.1. The van der Waals surface area contributed by atoms with Gasteiger partial charge in [-0.2, -0.15) is 5.10 Å². The van der Waals surface area contributed by atoms with E-state index in [4.69, 9.17) is 5.73 Å². The molecule has 0 aliphatic heterocycles. The van der Waals surface area contributed by atoms with Gasteiger partial charge in [-0.3, -0.25) is 4.79 Å². The fraction of sp³-hybridized carbons (Fsp3) is 0.727. The number of hydrogen-bond acceptors (Lipinski definition) is 5. The number of hydrogen-bond donors (Lipinski definition) is 2. The predicted octanol–water partition coefficient (Wildman–Crippen LogP) is 0.541. The maximum atomic E-state index is 11.3. The molecular weight excluding hydrogens is 250 g/mol. The molecule has 0 spiro atoms. The van der Waals surface area contributed by atoms with E-state index in [0.29, 0.717) is 0 Å². The molecule has 7 heteroatoms. The highest BCUT2D eigenvalue weighted by Crippen LogP contribution is 2.18. The van der Waals surface area contributed by atoms with Crippen molar-refractivity contribution < 1.29 is 4.79 Å². The summed E-state index contributed by atoms with van der Waals surface area (Å²) in [5.41, 5.74) is 4.76. The summed E-state index contributed by atoms with van der Waals surface area (Å²) in [7, 11) is 3.64. The minimum Gasteiger partial charge on any atom is -0.368 e. The molecule has 0 aliphatic carbocycles. The number of aryl methyl sites for hydroxylation is 1. The molecule has 1 aromatic heterocycles. The molecule has 1 amide bonds. The Labute approximate surface area is 112 Å². The summed E-state index contributed by atoms with van der Waals surface area (Å²) in [6, 6.07) is 0. The predicted molar refractivity (Wildman–Crippen MR) is 72.2 cm³/mol. The largest absolute Gasteiger partial charge is 0.368 e. The van der Waals surface area contributed by atoms with Gasteiger partial charge in [0.05, 0.1) is 5.54 Å². The Morgan fingerprint density at radius 3 is 2.83 bits per heavy atom. The average Bonchev–Trinajstić information content (AvgIpc) is 2.74. The van der Waals surface area contributed by atoms with Crippen LogP contribution in [-0.2, 0) is 11.8 Å². The molecule has 0 aromatic carbocycles. The lowest BCUT2D eigenvalue weighted by Gasteiger charge is -2.25. The van der Waals surface area contributed by atoms with Crippen LogP contribution in [0.25, 0.3) is 0 Å². The molecule has 0 saturated carbocycles. The van der Waals surface area contributed by atoms with Crippen LogP contribution in [0.4, 0.5) is 0 Å². The van der Waals surface area contributed by atoms with Gasteiger partial charge in [-0.1, -0.05) is 18.2 Å². The van der Waals surface area contributed by atoms with E-state index in [1.165, 1.54) is 0 Å². The summed E-state index contributed by atoms with van der Waals surface area (Å²) in [5, 5.41) is 7.91. The van der Waals surface area contributed by atoms with Gasteiger partial charge in [0.1, 0.15) is 6.33 Å². The molecule has 1 atom stereocenters. The van der Waals surface area contributed by atoms with Gasteiger partial charge in [-0.05, 0) is 26.8 Å². The van der Waals surface area contributed by atoms with Gasteiger partial charge in [-0.15, -0.1) is 0 Å². The number of nitrogens with two attached hydrogens (primary N) is 1. The number of likely N-dealkylation sites (N-methyl/N-ethyl adjacent to an activating group) is 1. The quantitative estimate of drug-likeness (QED) is 0.532. The number of thioether (sulfide) groups is 1. The normalized spacial score (nSPS) is 14.4. The van der Waals surface area contributed by atoms with Crippen LogP contribution in [0, 0.1) is 0 Å². The third-order valence-electron chi connectivity index (χ3n) is 3.07. The summed E-state index contributed by atoms with van der Waals surface area (Å²) >= 11 is 1.67. The molecule has 1 unspecified atom stereocenters. The van der Waals surface area contributed by atoms with E-state index in [2.05, 4.69) is 15.4 Å². The fourth-order valence-corrected chi connectivity index (χ4v) is 2.42. The van der Waals surface area contributed by atoms with E-state index in [0.717, 1.165) is 30.2 Å². The van der Waals surface area contributed by atoms with Crippen molar-refractivity contribution in [2.45, 2.75) is 36.9 Å². The summed E-state index contributed by atoms with van der Waals surface area (Å²) in [4.78, 5) is 15.4. The second-order valence-electron chi connectivity index (χ2n) is 4.42. The first-order valence-corrected chi connectivity index (χ1v) is 6.94. The zero-order valence-corrected chi connectivity index (χ0v) is 12.0. The smallest absolute Gasteiger partial charge is 0.237 e. The number of carbonyl (C=O) groups is 1. The molecule has 0 fully saturated rings. The second-order valence-corrected chi connectivity index (χ2v) is 5.48. The number of rotatable bonds is 8. The van der Waals surface area contributed by atoms with Crippen LogP contribution in [0.15, 0.2) is 11.5 Å². The third kappa shape index (κ3) is 3.99. The number of nitrogens with zero attached hydrogens (tertiary/aromatic N) is 3. The number of aromatic nitrogens is 3. The maximum Gasteiger partial charge on any atom is 0.237 e. The lowest BCUT2D eigenvalue weighted by molar-refractivity contribution is -0.123. The zero-order chi connectivity index (χ0) is 13.6. The van der Waals surface area contributed by atoms with Crippen LogP contribution in [0.5, 0.6) is 0 Å². The Kier molecular flexibility index (Phi) is 5.61. The van der Waals surface area contributed by atoms with Crippen LogP contribution in [0.1, 0.15) is 26.2 Å². The molecule has 1 heterocycles. The van der Waals surface area contributed by atoms with Crippen molar-refractivity contribution in [3.63, 3.8) is 0 Å². The molecule has 6 nitrogen and oxygen atoms in total. The van der Waals surface area contributed by atoms with Gasteiger partial charge in [0.15, 0.2) is 5.16 Å². The standard InChI is InChI=1S/C11H21N5OS/c1-11(13-2,9(12)17)6-4-5-7-18-10-14-8-15-16(10)3/h8,13H,4-7H2,1-3H3,(H2,12,17). The van der Waals surface area contributed by atoms with E-state index in [-0.39, 0.29) is 5.91 Å². The van der Waals surface area contributed by atoms with Crippen molar-refractivity contribution in [1.29, 1.82) is 0 Å². The molecule has 3 N–H and O–H groups in total. The third-order valence-corrected chi connectivity index (χ3v) is 4.19. The molecule has 18 heavy (non-hydrogen) atoms. The van der Waals surface area contributed by atoms with Crippen molar-refractivity contribution in [3.05, 3.63) is 6.33 Å². The Morgan fingerprint density at radius 1 is 1.61 bits per heavy atom. The molecule has 0 bridgehead atoms. The first-order chi connectivity index (χ1) is 8.49. The highest BCUT2D eigenvalue weighted by molar-refractivity contribution is 7.99. The van der Waals surface area contributed by atoms with E-state index in [1.807, 2.05) is 14.0 Å². The van der Waals surface area contributed by atoms with Gasteiger partial charge in [0, 0.05) is 12.8 Å². The highest BCUT2D eigenvalue weighted by Gasteiger charge is 2.27. The first-order valence-electron chi connectivity index (χ1n) is 5.95. The van der Waals surface area contributed by atoms with Crippen molar-refractivity contribution in [2.24, 2.45) is 12.8 Å². The van der Waals surface area contributed by atoms with Crippen LogP contribution < -0.4 is 11.1 Å².